The second-order valence-corrected chi connectivity index (χ2v) is 4.98. The van der Waals surface area contributed by atoms with Crippen molar-refractivity contribution in [3.05, 3.63) is 28.1 Å². The quantitative estimate of drug-likeness (QED) is 0.818. The molecule has 5 nitrogen and oxygen atoms in total. The van der Waals surface area contributed by atoms with Crippen molar-refractivity contribution < 1.29 is 9.53 Å². The molecule has 0 saturated carbocycles. The van der Waals surface area contributed by atoms with Gasteiger partial charge in [0.15, 0.2) is 5.65 Å². The summed E-state index contributed by atoms with van der Waals surface area (Å²) in [6.07, 6.45) is 3.20. The second-order valence-electron chi connectivity index (χ2n) is 4.16. The Hall–Kier alpha value is -1.43. The van der Waals surface area contributed by atoms with Crippen molar-refractivity contribution in [3.8, 4) is 0 Å². The van der Waals surface area contributed by atoms with Crippen molar-refractivity contribution in [2.75, 3.05) is 6.61 Å². The number of halogens is 1. The lowest BCUT2D eigenvalue weighted by molar-refractivity contribution is 0.0524. The number of carbonyl (C=O) groups excluding carboxylic acids is 1. The van der Waals surface area contributed by atoms with Gasteiger partial charge in [-0.3, -0.25) is 0 Å². The van der Waals surface area contributed by atoms with E-state index in [0.29, 0.717) is 17.8 Å². The zero-order valence-electron chi connectivity index (χ0n) is 10.5. The topological polar surface area (TPSA) is 56.5 Å². The van der Waals surface area contributed by atoms with Crippen LogP contribution in [0.15, 0.2) is 17.0 Å². The van der Waals surface area contributed by atoms with E-state index in [-0.39, 0.29) is 11.9 Å². The second kappa shape index (κ2) is 5.06. The maximum absolute atomic E-state index is 11.9. The van der Waals surface area contributed by atoms with Crippen molar-refractivity contribution in [2.24, 2.45) is 0 Å². The molecule has 0 atom stereocenters. The fourth-order valence-electron chi connectivity index (χ4n) is 1.86. The summed E-state index contributed by atoms with van der Waals surface area (Å²) in [5.41, 5.74) is 2.02. The highest BCUT2D eigenvalue weighted by Crippen LogP contribution is 2.25. The maximum atomic E-state index is 11.9. The number of hydrogen-bond acceptors (Lipinski definition) is 4. The van der Waals surface area contributed by atoms with E-state index in [9.17, 15) is 4.79 Å². The van der Waals surface area contributed by atoms with Crippen LogP contribution in [0.1, 0.15) is 42.6 Å². The molecule has 0 radical (unpaired) electrons. The lowest BCUT2D eigenvalue weighted by Gasteiger charge is -2.12. The average Bonchev–Trinajstić information content (AvgIpc) is 2.70. The Kier molecular flexibility index (Phi) is 3.65. The van der Waals surface area contributed by atoms with Gasteiger partial charge in [0.25, 0.3) is 0 Å². The van der Waals surface area contributed by atoms with E-state index in [1.165, 1.54) is 6.20 Å². The van der Waals surface area contributed by atoms with Crippen molar-refractivity contribution in [1.82, 2.24) is 14.6 Å². The fourth-order valence-corrected chi connectivity index (χ4v) is 2.23. The number of fused-ring (bicyclic) bond motifs is 1. The molecule has 0 aliphatic rings. The number of carbonyl (C=O) groups is 1. The standard InChI is InChI=1S/C12H14BrN3O2/c1-4-18-12(17)8-5-15-16-9(13)6-14-11(16)10(8)7(2)3/h5-7H,4H2,1-3H3. The molecule has 0 aliphatic heterocycles. The van der Waals surface area contributed by atoms with Crippen LogP contribution >= 0.6 is 15.9 Å². The van der Waals surface area contributed by atoms with Crippen LogP contribution < -0.4 is 0 Å². The first kappa shape index (κ1) is 13.0. The van der Waals surface area contributed by atoms with Gasteiger partial charge in [-0.25, -0.2) is 14.3 Å². The van der Waals surface area contributed by atoms with Crippen LogP contribution in [0, 0.1) is 0 Å². The van der Waals surface area contributed by atoms with Crippen LogP contribution in [0.5, 0.6) is 0 Å². The lowest BCUT2D eigenvalue weighted by atomic mass is 10.00. The molecule has 96 valence electrons. The zero-order valence-corrected chi connectivity index (χ0v) is 12.1. The lowest BCUT2D eigenvalue weighted by Crippen LogP contribution is -2.12. The first-order valence-electron chi connectivity index (χ1n) is 5.75. The molecule has 0 amide bonds. The molecule has 0 unspecified atom stereocenters. The molecule has 0 fully saturated rings. The van der Waals surface area contributed by atoms with E-state index >= 15 is 0 Å². The largest absolute Gasteiger partial charge is 0.462 e. The molecule has 0 aliphatic carbocycles. The van der Waals surface area contributed by atoms with Gasteiger partial charge in [0.2, 0.25) is 0 Å². The Morgan fingerprint density at radius 3 is 2.83 bits per heavy atom. The van der Waals surface area contributed by atoms with Crippen molar-refractivity contribution >= 4 is 27.5 Å². The molecule has 0 bridgehead atoms. The predicted molar refractivity (Wildman–Crippen MR) is 70.7 cm³/mol. The van der Waals surface area contributed by atoms with Crippen LogP contribution in [-0.4, -0.2) is 27.2 Å². The van der Waals surface area contributed by atoms with Crippen LogP contribution in [0.4, 0.5) is 0 Å². The van der Waals surface area contributed by atoms with Gasteiger partial charge < -0.3 is 4.74 Å². The van der Waals surface area contributed by atoms with E-state index in [1.54, 1.807) is 17.6 Å². The van der Waals surface area contributed by atoms with Crippen LogP contribution in [0.3, 0.4) is 0 Å². The van der Waals surface area contributed by atoms with E-state index < -0.39 is 0 Å². The van der Waals surface area contributed by atoms with Gasteiger partial charge in [-0.05, 0) is 28.8 Å². The third kappa shape index (κ3) is 2.12. The molecular formula is C12H14BrN3O2. The van der Waals surface area contributed by atoms with E-state index in [2.05, 4.69) is 26.0 Å². The van der Waals surface area contributed by atoms with Gasteiger partial charge in [-0.15, -0.1) is 0 Å². The van der Waals surface area contributed by atoms with E-state index in [4.69, 9.17) is 4.74 Å². The summed E-state index contributed by atoms with van der Waals surface area (Å²) in [6.45, 7) is 6.16. The van der Waals surface area contributed by atoms with Crippen LogP contribution in [0.25, 0.3) is 5.65 Å². The molecule has 6 heteroatoms. The van der Waals surface area contributed by atoms with E-state index in [1.807, 2.05) is 13.8 Å². The number of nitrogens with zero attached hydrogens (tertiary/aromatic N) is 3. The number of imidazole rings is 1. The number of aromatic nitrogens is 3. The summed E-state index contributed by atoms with van der Waals surface area (Å²) in [5.74, 6) is -0.195. The Bertz CT molecular complexity index is 592. The van der Waals surface area contributed by atoms with Gasteiger partial charge in [-0.1, -0.05) is 13.8 Å². The van der Waals surface area contributed by atoms with E-state index in [0.717, 1.165) is 10.2 Å². The Morgan fingerprint density at radius 1 is 1.50 bits per heavy atom. The molecule has 2 heterocycles. The molecule has 0 N–H and O–H groups in total. The molecule has 0 saturated heterocycles. The minimum absolute atomic E-state index is 0.157. The van der Waals surface area contributed by atoms with Crippen molar-refractivity contribution in [1.29, 1.82) is 0 Å². The van der Waals surface area contributed by atoms with Gasteiger partial charge >= 0.3 is 5.97 Å². The SMILES string of the molecule is CCOC(=O)c1cnn2c(Br)cnc2c1C(C)C. The molecule has 2 aromatic rings. The van der Waals surface area contributed by atoms with Crippen molar-refractivity contribution in [2.45, 2.75) is 26.7 Å². The minimum atomic E-state index is -0.352. The first-order chi connectivity index (χ1) is 8.56. The number of esters is 1. The highest BCUT2D eigenvalue weighted by molar-refractivity contribution is 9.10. The van der Waals surface area contributed by atoms with Crippen molar-refractivity contribution in [3.63, 3.8) is 0 Å². The average molecular weight is 312 g/mol. The van der Waals surface area contributed by atoms with Crippen LogP contribution in [-0.2, 0) is 4.74 Å². The number of rotatable bonds is 3. The van der Waals surface area contributed by atoms with Gasteiger partial charge in [0.05, 0.1) is 24.6 Å². The molecule has 18 heavy (non-hydrogen) atoms. The monoisotopic (exact) mass is 311 g/mol. The maximum Gasteiger partial charge on any atom is 0.340 e. The third-order valence-corrected chi connectivity index (χ3v) is 3.14. The number of hydrogen-bond donors (Lipinski definition) is 0. The molecule has 2 rings (SSSR count). The minimum Gasteiger partial charge on any atom is -0.462 e. The zero-order chi connectivity index (χ0) is 13.3. The summed E-state index contributed by atoms with van der Waals surface area (Å²) in [6, 6.07) is 0. The smallest absolute Gasteiger partial charge is 0.340 e. The number of ether oxygens (including phenoxy) is 1. The molecular weight excluding hydrogens is 298 g/mol. The van der Waals surface area contributed by atoms with Gasteiger partial charge in [-0.2, -0.15) is 5.10 Å². The van der Waals surface area contributed by atoms with Crippen LogP contribution in [0.2, 0.25) is 0 Å². The predicted octanol–water partition coefficient (Wildman–Crippen LogP) is 2.79. The highest BCUT2D eigenvalue weighted by Gasteiger charge is 2.20. The molecule has 0 aromatic carbocycles. The van der Waals surface area contributed by atoms with Gasteiger partial charge in [0.1, 0.15) is 4.60 Å². The molecule has 0 spiro atoms. The normalized spacial score (nSPS) is 11.2. The Labute approximate surface area is 113 Å². The first-order valence-corrected chi connectivity index (χ1v) is 6.54. The third-order valence-electron chi connectivity index (χ3n) is 2.60. The fraction of sp³-hybridized carbons (Fsp3) is 0.417. The highest BCUT2D eigenvalue weighted by atomic mass is 79.9. The summed E-state index contributed by atoms with van der Waals surface area (Å²) in [4.78, 5) is 16.2. The molecule has 2 aromatic heterocycles. The Balaban J connectivity index is 2.67. The summed E-state index contributed by atoms with van der Waals surface area (Å²) in [7, 11) is 0. The summed E-state index contributed by atoms with van der Waals surface area (Å²) < 4.78 is 7.47. The Morgan fingerprint density at radius 2 is 2.22 bits per heavy atom. The van der Waals surface area contributed by atoms with Gasteiger partial charge in [0, 0.05) is 5.56 Å². The summed E-state index contributed by atoms with van der Waals surface area (Å²) >= 11 is 3.36. The summed E-state index contributed by atoms with van der Waals surface area (Å²) in [5, 5.41) is 4.19.